The summed E-state index contributed by atoms with van der Waals surface area (Å²) in [6, 6.07) is 86.7. The van der Waals surface area contributed by atoms with Gasteiger partial charge in [-0.2, -0.15) is 0 Å². The molecule has 0 saturated carbocycles. The molecule has 0 N–H and O–H groups in total. The van der Waals surface area contributed by atoms with Crippen LogP contribution in [-0.2, 0) is 5.41 Å². The first-order valence-electron chi connectivity index (χ1n) is 22.1. The molecule has 0 bridgehead atoms. The second kappa shape index (κ2) is 13.0. The van der Waals surface area contributed by atoms with Crippen molar-refractivity contribution < 1.29 is 0 Å². The van der Waals surface area contributed by atoms with Crippen LogP contribution in [0.2, 0.25) is 0 Å². The Hall–Kier alpha value is -8.06. The van der Waals surface area contributed by atoms with Crippen LogP contribution < -0.4 is 0 Å². The van der Waals surface area contributed by atoms with Crippen LogP contribution in [0.25, 0.3) is 109 Å². The van der Waals surface area contributed by atoms with Crippen molar-refractivity contribution in [2.45, 2.75) is 5.41 Å². The van der Waals surface area contributed by atoms with E-state index in [-0.39, 0.29) is 0 Å². The van der Waals surface area contributed by atoms with Crippen LogP contribution in [0.3, 0.4) is 0 Å². The molecule has 0 fully saturated rings. The third kappa shape index (κ3) is 4.75. The topological polar surface area (TPSA) is 0 Å². The van der Waals surface area contributed by atoms with Crippen molar-refractivity contribution in [3.63, 3.8) is 0 Å². The van der Waals surface area contributed by atoms with Gasteiger partial charge in [0.05, 0.1) is 5.41 Å². The van der Waals surface area contributed by atoms with Gasteiger partial charge in [0.15, 0.2) is 0 Å². The molecule has 2 aliphatic rings. The predicted molar refractivity (Wildman–Crippen MR) is 267 cm³/mol. The summed E-state index contributed by atoms with van der Waals surface area (Å²) in [7, 11) is 0. The summed E-state index contributed by atoms with van der Waals surface area (Å²) in [5.74, 6) is 0. The second-order valence-corrected chi connectivity index (χ2v) is 17.5. The zero-order valence-electron chi connectivity index (χ0n) is 34.4. The lowest BCUT2D eigenvalue weighted by molar-refractivity contribution is 0.802. The highest BCUT2D eigenvalue weighted by Crippen LogP contribution is 2.64. The Morgan fingerprint density at radius 2 is 0.698 bits per heavy atom. The summed E-state index contributed by atoms with van der Waals surface area (Å²) in [5.41, 5.74) is 17.9. The second-order valence-electron chi connectivity index (χ2n) is 17.5. The lowest BCUT2D eigenvalue weighted by Gasteiger charge is -2.31. The maximum Gasteiger partial charge on any atom is 0.0731 e. The van der Waals surface area contributed by atoms with E-state index < -0.39 is 5.41 Å². The summed E-state index contributed by atoms with van der Waals surface area (Å²) in [4.78, 5) is 0. The van der Waals surface area contributed by atoms with E-state index >= 15 is 0 Å². The van der Waals surface area contributed by atoms with Gasteiger partial charge in [0.25, 0.3) is 0 Å². The fourth-order valence-corrected chi connectivity index (χ4v) is 11.8. The first-order chi connectivity index (χ1) is 31.2. The number of fused-ring (bicyclic) bond motifs is 16. The zero-order chi connectivity index (χ0) is 41.2. The molecule has 0 aliphatic heterocycles. The molecular weight excluding hydrogens is 757 g/mol. The van der Waals surface area contributed by atoms with Crippen LogP contribution in [0.1, 0.15) is 22.3 Å². The van der Waals surface area contributed by atoms with Crippen molar-refractivity contribution in [2.24, 2.45) is 0 Å². The summed E-state index contributed by atoms with van der Waals surface area (Å²) in [6.45, 7) is 0. The van der Waals surface area contributed by atoms with Gasteiger partial charge in [0.2, 0.25) is 0 Å². The molecule has 0 heteroatoms. The molecule has 0 atom stereocenters. The van der Waals surface area contributed by atoms with Crippen LogP contribution in [0.5, 0.6) is 0 Å². The van der Waals surface area contributed by atoms with Gasteiger partial charge in [-0.3, -0.25) is 0 Å². The quantitative estimate of drug-likeness (QED) is 0.156. The van der Waals surface area contributed by atoms with Crippen molar-refractivity contribution in [1.82, 2.24) is 0 Å². The average molecular weight is 795 g/mol. The number of hydrogen-bond donors (Lipinski definition) is 0. The smallest absolute Gasteiger partial charge is 0.0619 e. The van der Waals surface area contributed by atoms with E-state index in [1.165, 1.54) is 132 Å². The molecule has 290 valence electrons. The van der Waals surface area contributed by atoms with Crippen LogP contribution >= 0.6 is 0 Å². The maximum atomic E-state index is 2.53. The van der Waals surface area contributed by atoms with Gasteiger partial charge in [-0.05, 0) is 162 Å². The highest BCUT2D eigenvalue weighted by atomic mass is 14.5. The van der Waals surface area contributed by atoms with E-state index in [4.69, 9.17) is 0 Å². The van der Waals surface area contributed by atoms with Crippen molar-refractivity contribution >= 4 is 53.9 Å². The monoisotopic (exact) mass is 794 g/mol. The normalized spacial score (nSPS) is 13.2. The Labute approximate surface area is 366 Å². The Bertz CT molecular complexity index is 3820. The Balaban J connectivity index is 0.967. The Kier molecular flexibility index (Phi) is 7.13. The molecule has 1 spiro atoms. The molecule has 14 rings (SSSR count). The van der Waals surface area contributed by atoms with E-state index in [1.54, 1.807) is 0 Å². The lowest BCUT2D eigenvalue weighted by Crippen LogP contribution is -2.26. The molecule has 0 aromatic heterocycles. The minimum absolute atomic E-state index is 0.427. The summed E-state index contributed by atoms with van der Waals surface area (Å²) < 4.78 is 0. The van der Waals surface area contributed by atoms with E-state index in [9.17, 15) is 0 Å². The van der Waals surface area contributed by atoms with E-state index in [0.717, 1.165) is 0 Å². The van der Waals surface area contributed by atoms with Gasteiger partial charge in [-0.15, -0.1) is 0 Å². The number of benzene rings is 12. The van der Waals surface area contributed by atoms with Gasteiger partial charge in [-0.1, -0.05) is 200 Å². The van der Waals surface area contributed by atoms with E-state index in [1.807, 2.05) is 0 Å². The van der Waals surface area contributed by atoms with Gasteiger partial charge in [0.1, 0.15) is 0 Å². The molecular formula is C63H38. The molecule has 0 heterocycles. The lowest BCUT2D eigenvalue weighted by atomic mass is 9.69. The standard InChI is InChI=1S/C63H38/c1-2-16-41-34-46(31-28-39(41)14-1)61-53-24-7-5-22-51(53)60(52-23-6-8-25-54(52)61)45-18-13-17-42(35-45)43-29-30-44-37-56-55-33-32-40-15-3-4-19-48(40)62(55)63(59(56)38-47(44)36-43)57-26-11-9-20-49(57)50-21-10-12-27-58(50)63/h1-38H. The molecule has 0 nitrogen and oxygen atoms in total. The SMILES string of the molecule is c1cc(-c2ccc3cc4c(cc3c2)C2(c3ccccc3-c3ccccc32)c2c-4ccc3ccccc23)cc(-c2c3ccccc3c(-c3ccc4ccccc4c3)c3ccccc23)c1. The molecule has 63 heavy (non-hydrogen) atoms. The third-order valence-electron chi connectivity index (χ3n) is 14.4. The highest BCUT2D eigenvalue weighted by molar-refractivity contribution is 6.22. The minimum atomic E-state index is -0.427. The van der Waals surface area contributed by atoms with Crippen LogP contribution in [0.4, 0.5) is 0 Å². The van der Waals surface area contributed by atoms with Crippen LogP contribution in [-0.4, -0.2) is 0 Å². The molecule has 0 unspecified atom stereocenters. The van der Waals surface area contributed by atoms with Crippen LogP contribution in [0, 0.1) is 0 Å². The van der Waals surface area contributed by atoms with Gasteiger partial charge in [-0.25, -0.2) is 0 Å². The molecule has 0 radical (unpaired) electrons. The number of hydrogen-bond acceptors (Lipinski definition) is 0. The van der Waals surface area contributed by atoms with Gasteiger partial charge < -0.3 is 0 Å². The fourth-order valence-electron chi connectivity index (χ4n) is 11.8. The molecule has 12 aromatic rings. The van der Waals surface area contributed by atoms with Crippen molar-refractivity contribution in [3.05, 3.63) is 253 Å². The zero-order valence-corrected chi connectivity index (χ0v) is 34.4. The van der Waals surface area contributed by atoms with E-state index in [2.05, 4.69) is 231 Å². The number of rotatable bonds is 3. The first-order valence-corrected chi connectivity index (χ1v) is 22.1. The van der Waals surface area contributed by atoms with Crippen LogP contribution in [0.15, 0.2) is 231 Å². The summed E-state index contributed by atoms with van der Waals surface area (Å²) >= 11 is 0. The summed E-state index contributed by atoms with van der Waals surface area (Å²) in [5, 5.41) is 12.7. The first kappa shape index (κ1) is 34.6. The fraction of sp³-hybridized carbons (Fsp3) is 0.0159. The Morgan fingerprint density at radius 3 is 1.40 bits per heavy atom. The van der Waals surface area contributed by atoms with Gasteiger partial charge in [0, 0.05) is 0 Å². The van der Waals surface area contributed by atoms with Gasteiger partial charge >= 0.3 is 0 Å². The van der Waals surface area contributed by atoms with Crippen molar-refractivity contribution in [3.8, 4) is 55.6 Å². The van der Waals surface area contributed by atoms with Crippen molar-refractivity contribution in [2.75, 3.05) is 0 Å². The molecule has 12 aromatic carbocycles. The molecule has 0 saturated heterocycles. The largest absolute Gasteiger partial charge is 0.0731 e. The Morgan fingerprint density at radius 1 is 0.222 bits per heavy atom. The molecule has 0 amide bonds. The van der Waals surface area contributed by atoms with Crippen molar-refractivity contribution in [1.29, 1.82) is 0 Å². The van der Waals surface area contributed by atoms with E-state index in [0.29, 0.717) is 0 Å². The minimum Gasteiger partial charge on any atom is -0.0619 e. The predicted octanol–water partition coefficient (Wildman–Crippen LogP) is 16.8. The highest BCUT2D eigenvalue weighted by Gasteiger charge is 2.52. The molecule has 2 aliphatic carbocycles. The third-order valence-corrected chi connectivity index (χ3v) is 14.4. The average Bonchev–Trinajstić information content (AvgIpc) is 3.81. The maximum absolute atomic E-state index is 2.53. The summed E-state index contributed by atoms with van der Waals surface area (Å²) in [6.07, 6.45) is 0.